The minimum Gasteiger partial charge on any atom is -0.508 e. The van der Waals surface area contributed by atoms with Gasteiger partial charge in [0.15, 0.2) is 11.5 Å². The van der Waals surface area contributed by atoms with Crippen molar-refractivity contribution in [1.82, 2.24) is 15.5 Å². The molecule has 0 aliphatic carbocycles. The van der Waals surface area contributed by atoms with E-state index in [1.54, 1.807) is 11.1 Å². The van der Waals surface area contributed by atoms with E-state index >= 15 is 0 Å². The monoisotopic (exact) mass is 359 g/mol. The van der Waals surface area contributed by atoms with Crippen molar-refractivity contribution in [1.29, 1.82) is 0 Å². The molecule has 0 radical (unpaired) electrons. The van der Waals surface area contributed by atoms with Gasteiger partial charge in [0, 0.05) is 25.2 Å². The Morgan fingerprint density at radius 2 is 2.00 bits per heavy atom. The third-order valence-electron chi connectivity index (χ3n) is 4.41. The van der Waals surface area contributed by atoms with Crippen molar-refractivity contribution in [2.45, 2.75) is 33.2 Å². The van der Waals surface area contributed by atoms with E-state index in [0.717, 1.165) is 16.8 Å². The maximum atomic E-state index is 10.4. The molecule has 2 heterocycles. The zero-order chi connectivity index (χ0) is 18.8. The molecule has 0 fully saturated rings. The first kappa shape index (κ1) is 18.3. The highest BCUT2D eigenvalue weighted by molar-refractivity contribution is 5.90. The summed E-state index contributed by atoms with van der Waals surface area (Å²) in [4.78, 5) is 5.96. The van der Waals surface area contributed by atoms with Crippen molar-refractivity contribution in [2.75, 3.05) is 20.1 Å². The number of nitrogens with one attached hydrogen (secondary N) is 1. The number of hydroxylamine groups is 2. The van der Waals surface area contributed by atoms with Crippen molar-refractivity contribution >= 4 is 11.3 Å². The standard InChI is InChI=1S/C19H25N3O4/c1-5-22-10-15(18-6-12(9-20-4)21-25-18)19(26-22)14-7-13(11(2)3)16(23)8-17(14)24/h6-8,11,20,23-24H,5,9-10H2,1-4H3. The van der Waals surface area contributed by atoms with Gasteiger partial charge >= 0.3 is 0 Å². The van der Waals surface area contributed by atoms with Crippen LogP contribution in [-0.4, -0.2) is 40.6 Å². The smallest absolute Gasteiger partial charge is 0.168 e. The lowest BCUT2D eigenvalue weighted by molar-refractivity contribution is -0.0557. The van der Waals surface area contributed by atoms with Crippen LogP contribution in [0, 0.1) is 0 Å². The van der Waals surface area contributed by atoms with Gasteiger partial charge in [0.1, 0.15) is 11.5 Å². The Balaban J connectivity index is 2.10. The van der Waals surface area contributed by atoms with Gasteiger partial charge in [-0.15, -0.1) is 5.06 Å². The van der Waals surface area contributed by atoms with Crippen LogP contribution in [0.4, 0.5) is 0 Å². The number of rotatable bonds is 6. The number of phenols is 2. The predicted molar refractivity (Wildman–Crippen MR) is 98.3 cm³/mol. The number of hydrogen-bond donors (Lipinski definition) is 3. The van der Waals surface area contributed by atoms with E-state index in [4.69, 9.17) is 9.36 Å². The number of phenolic OH excluding ortho intramolecular Hbond substituents is 2. The predicted octanol–water partition coefficient (Wildman–Crippen LogP) is 3.06. The molecule has 0 saturated carbocycles. The summed E-state index contributed by atoms with van der Waals surface area (Å²) in [7, 11) is 1.85. The molecule has 1 aliphatic heterocycles. The van der Waals surface area contributed by atoms with E-state index in [2.05, 4.69) is 10.5 Å². The Morgan fingerprint density at radius 3 is 2.65 bits per heavy atom. The second-order valence-corrected chi connectivity index (χ2v) is 6.65. The van der Waals surface area contributed by atoms with E-state index in [9.17, 15) is 10.2 Å². The molecule has 0 unspecified atom stereocenters. The maximum Gasteiger partial charge on any atom is 0.168 e. The number of nitrogens with zero attached hydrogens (tertiary/aromatic N) is 2. The Labute approximate surface area is 152 Å². The molecule has 0 spiro atoms. The van der Waals surface area contributed by atoms with Crippen LogP contribution in [0.15, 0.2) is 22.7 Å². The largest absolute Gasteiger partial charge is 0.508 e. The lowest BCUT2D eigenvalue weighted by atomic mass is 9.96. The molecule has 2 aromatic rings. The van der Waals surface area contributed by atoms with Crippen molar-refractivity contribution < 1.29 is 19.6 Å². The normalized spacial score (nSPS) is 15.1. The van der Waals surface area contributed by atoms with Gasteiger partial charge in [0.2, 0.25) is 0 Å². The molecule has 0 saturated heterocycles. The summed E-state index contributed by atoms with van der Waals surface area (Å²) < 4.78 is 5.50. The molecule has 3 N–H and O–H groups in total. The molecule has 0 atom stereocenters. The van der Waals surface area contributed by atoms with E-state index in [-0.39, 0.29) is 17.4 Å². The van der Waals surface area contributed by atoms with Gasteiger partial charge in [-0.2, -0.15) is 0 Å². The van der Waals surface area contributed by atoms with Gasteiger partial charge in [-0.25, -0.2) is 0 Å². The third-order valence-corrected chi connectivity index (χ3v) is 4.41. The van der Waals surface area contributed by atoms with E-state index in [1.807, 2.05) is 33.9 Å². The number of hydrogen-bond acceptors (Lipinski definition) is 7. The molecule has 7 nitrogen and oxygen atoms in total. The Morgan fingerprint density at radius 1 is 1.23 bits per heavy atom. The molecule has 1 aliphatic rings. The first-order valence-electron chi connectivity index (χ1n) is 8.77. The van der Waals surface area contributed by atoms with Crippen LogP contribution in [0.25, 0.3) is 11.3 Å². The minimum atomic E-state index is -0.0349. The van der Waals surface area contributed by atoms with Gasteiger partial charge in [-0.05, 0) is 31.5 Å². The number of benzene rings is 1. The maximum absolute atomic E-state index is 10.4. The van der Waals surface area contributed by atoms with E-state index < -0.39 is 0 Å². The van der Waals surface area contributed by atoms with E-state index in [1.165, 1.54) is 6.07 Å². The van der Waals surface area contributed by atoms with Gasteiger partial charge < -0.3 is 24.9 Å². The quantitative estimate of drug-likeness (QED) is 0.730. The van der Waals surface area contributed by atoms with Crippen LogP contribution >= 0.6 is 0 Å². The summed E-state index contributed by atoms with van der Waals surface area (Å²) in [6.45, 7) is 7.77. The zero-order valence-electron chi connectivity index (χ0n) is 15.5. The number of aromatic hydroxyl groups is 2. The fraction of sp³-hybridized carbons (Fsp3) is 0.421. The highest BCUT2D eigenvalue weighted by atomic mass is 16.7. The molecule has 3 rings (SSSR count). The van der Waals surface area contributed by atoms with Crippen molar-refractivity contribution in [3.8, 4) is 11.5 Å². The fourth-order valence-electron chi connectivity index (χ4n) is 3.00. The first-order valence-corrected chi connectivity index (χ1v) is 8.77. The summed E-state index contributed by atoms with van der Waals surface area (Å²) in [5, 5.41) is 29.4. The summed E-state index contributed by atoms with van der Waals surface area (Å²) in [5.74, 6) is 1.28. The SMILES string of the molecule is CCN1CC(c2cc(CNC)no2)=C(c2cc(C(C)C)c(O)cc2O)O1. The molecule has 7 heteroatoms. The Kier molecular flexibility index (Phi) is 5.20. The average Bonchev–Trinajstić information content (AvgIpc) is 3.21. The van der Waals surface area contributed by atoms with Gasteiger partial charge in [-0.1, -0.05) is 19.0 Å². The Bertz CT molecular complexity index is 826. The lowest BCUT2D eigenvalue weighted by Gasteiger charge is -2.16. The highest BCUT2D eigenvalue weighted by Crippen LogP contribution is 2.41. The van der Waals surface area contributed by atoms with Gasteiger partial charge in [-0.3, -0.25) is 0 Å². The molecule has 26 heavy (non-hydrogen) atoms. The lowest BCUT2D eigenvalue weighted by Crippen LogP contribution is -2.18. The van der Waals surface area contributed by atoms with Crippen LogP contribution in [0.3, 0.4) is 0 Å². The fourth-order valence-corrected chi connectivity index (χ4v) is 3.00. The molecule has 0 amide bonds. The third kappa shape index (κ3) is 3.40. The second-order valence-electron chi connectivity index (χ2n) is 6.65. The molecule has 1 aromatic heterocycles. The molecule has 140 valence electrons. The number of aromatic nitrogens is 1. The number of likely N-dealkylation sites (N-methyl/N-ethyl adjacent to an activating group) is 1. The Hall–Kier alpha value is -2.51. The average molecular weight is 359 g/mol. The molecule has 0 bridgehead atoms. The second kappa shape index (κ2) is 7.39. The molecule has 1 aromatic carbocycles. The van der Waals surface area contributed by atoms with Crippen LogP contribution < -0.4 is 5.32 Å². The van der Waals surface area contributed by atoms with Crippen molar-refractivity contribution in [2.24, 2.45) is 0 Å². The van der Waals surface area contributed by atoms with E-state index in [0.29, 0.717) is 36.7 Å². The van der Waals surface area contributed by atoms with Gasteiger partial charge in [0.25, 0.3) is 0 Å². The highest BCUT2D eigenvalue weighted by Gasteiger charge is 2.30. The zero-order valence-corrected chi connectivity index (χ0v) is 15.5. The minimum absolute atomic E-state index is 0.0349. The van der Waals surface area contributed by atoms with Gasteiger partial charge in [0.05, 0.1) is 23.4 Å². The summed E-state index contributed by atoms with van der Waals surface area (Å²) >= 11 is 0. The summed E-state index contributed by atoms with van der Waals surface area (Å²) in [6.07, 6.45) is 0. The first-order chi connectivity index (χ1) is 12.4. The van der Waals surface area contributed by atoms with Crippen LogP contribution in [0.2, 0.25) is 0 Å². The van der Waals surface area contributed by atoms with Crippen LogP contribution in [0.1, 0.15) is 49.3 Å². The van der Waals surface area contributed by atoms with Crippen molar-refractivity contribution in [3.05, 3.63) is 40.8 Å². The van der Waals surface area contributed by atoms with Crippen LogP contribution in [0.5, 0.6) is 11.5 Å². The summed E-state index contributed by atoms with van der Waals surface area (Å²) in [5.41, 5.74) is 2.89. The summed E-state index contributed by atoms with van der Waals surface area (Å²) in [6, 6.07) is 5.00. The van der Waals surface area contributed by atoms with Crippen LogP contribution in [-0.2, 0) is 11.4 Å². The topological polar surface area (TPSA) is 91.0 Å². The molecular formula is C19H25N3O4. The van der Waals surface area contributed by atoms with Crippen molar-refractivity contribution in [3.63, 3.8) is 0 Å². The molecular weight excluding hydrogens is 334 g/mol.